The molecule has 0 bridgehead atoms. The fourth-order valence-corrected chi connectivity index (χ4v) is 2.27. The Hall–Kier alpha value is -2.28. The van der Waals surface area contributed by atoms with Crippen LogP contribution in [-0.2, 0) is 4.74 Å². The van der Waals surface area contributed by atoms with Crippen molar-refractivity contribution in [2.24, 2.45) is 0 Å². The molecule has 1 heteroatoms. The molecule has 1 nitrogen and oxygen atoms in total. The van der Waals surface area contributed by atoms with E-state index in [-0.39, 0.29) is 0 Å². The average Bonchev–Trinajstić information content (AvgIpc) is 2.84. The van der Waals surface area contributed by atoms with Gasteiger partial charge in [0.1, 0.15) is 5.76 Å². The van der Waals surface area contributed by atoms with Crippen LogP contribution in [0.2, 0.25) is 0 Å². The number of hydrogen-bond donors (Lipinski definition) is 0. The Labute approximate surface area is 106 Å². The third-order valence-electron chi connectivity index (χ3n) is 3.12. The van der Waals surface area contributed by atoms with Crippen molar-refractivity contribution in [2.75, 3.05) is 7.11 Å². The Bertz CT molecular complexity index is 672. The van der Waals surface area contributed by atoms with Gasteiger partial charge in [-0.3, -0.25) is 0 Å². The standard InChI is InChI=1S/C17H14O/c1-18-17(13-7-3-2-4-8-13)16-11-14-9-5-6-10-15(14)12-16/h2-12H,1H3. The molecule has 0 saturated heterocycles. The van der Waals surface area contributed by atoms with Crippen LogP contribution in [0.25, 0.3) is 17.9 Å². The van der Waals surface area contributed by atoms with Crippen LogP contribution in [0.5, 0.6) is 0 Å². The van der Waals surface area contributed by atoms with Gasteiger partial charge in [-0.05, 0) is 22.6 Å². The molecule has 0 aromatic heterocycles. The van der Waals surface area contributed by atoms with Gasteiger partial charge in [0.25, 0.3) is 0 Å². The van der Waals surface area contributed by atoms with Crippen LogP contribution in [0, 0.1) is 0 Å². The van der Waals surface area contributed by atoms with E-state index in [4.69, 9.17) is 4.74 Å². The molecule has 0 aliphatic heterocycles. The first kappa shape index (κ1) is 10.8. The van der Waals surface area contributed by atoms with E-state index in [9.17, 15) is 0 Å². The topological polar surface area (TPSA) is 9.23 Å². The lowest BCUT2D eigenvalue weighted by atomic mass is 10.1. The number of benzene rings is 2. The lowest BCUT2D eigenvalue weighted by Crippen LogP contribution is -2.19. The molecule has 0 amide bonds. The van der Waals surface area contributed by atoms with Gasteiger partial charge >= 0.3 is 0 Å². The number of allylic oxidation sites excluding steroid dienone is 1. The van der Waals surface area contributed by atoms with Crippen LogP contribution in [0.15, 0.2) is 60.2 Å². The molecule has 0 heterocycles. The lowest BCUT2D eigenvalue weighted by molar-refractivity contribution is 0.369. The summed E-state index contributed by atoms with van der Waals surface area (Å²) in [6, 6.07) is 18.6. The predicted molar refractivity (Wildman–Crippen MR) is 75.0 cm³/mol. The molecule has 0 N–H and O–H groups in total. The maximum Gasteiger partial charge on any atom is 0.133 e. The first-order valence-electron chi connectivity index (χ1n) is 6.01. The second-order valence-corrected chi connectivity index (χ2v) is 4.27. The number of methoxy groups -OCH3 is 1. The molecule has 2 aromatic carbocycles. The highest BCUT2D eigenvalue weighted by atomic mass is 16.5. The van der Waals surface area contributed by atoms with Gasteiger partial charge in [-0.2, -0.15) is 0 Å². The third kappa shape index (κ3) is 1.84. The van der Waals surface area contributed by atoms with Gasteiger partial charge in [0, 0.05) is 11.1 Å². The quantitative estimate of drug-likeness (QED) is 0.725. The second-order valence-electron chi connectivity index (χ2n) is 4.27. The first-order valence-corrected chi connectivity index (χ1v) is 6.01. The van der Waals surface area contributed by atoms with Gasteiger partial charge in [-0.15, -0.1) is 0 Å². The summed E-state index contributed by atoms with van der Waals surface area (Å²) >= 11 is 0. The van der Waals surface area contributed by atoms with E-state index >= 15 is 0 Å². The van der Waals surface area contributed by atoms with Crippen molar-refractivity contribution in [3.05, 3.63) is 76.2 Å². The molecule has 0 spiro atoms. The molecular weight excluding hydrogens is 220 g/mol. The average molecular weight is 234 g/mol. The van der Waals surface area contributed by atoms with Crippen LogP contribution in [-0.4, -0.2) is 7.11 Å². The molecule has 88 valence electrons. The Morgan fingerprint density at radius 1 is 0.778 bits per heavy atom. The van der Waals surface area contributed by atoms with Crippen molar-refractivity contribution in [1.82, 2.24) is 0 Å². The summed E-state index contributed by atoms with van der Waals surface area (Å²) in [5.74, 6) is 0.923. The van der Waals surface area contributed by atoms with Crippen LogP contribution in [0.1, 0.15) is 5.56 Å². The molecule has 2 aromatic rings. The summed E-state index contributed by atoms with van der Waals surface area (Å²) in [5.41, 5.74) is 2.24. The predicted octanol–water partition coefficient (Wildman–Crippen LogP) is 2.32. The Kier molecular flexibility index (Phi) is 2.73. The molecule has 0 atom stereocenters. The number of rotatable bonds is 2. The first-order chi connectivity index (χ1) is 8.88. The largest absolute Gasteiger partial charge is 0.496 e. The smallest absolute Gasteiger partial charge is 0.133 e. The SMILES string of the molecule is COC(=C1C=c2ccccc2=C1)c1ccccc1. The zero-order chi connectivity index (χ0) is 12.4. The molecule has 18 heavy (non-hydrogen) atoms. The zero-order valence-corrected chi connectivity index (χ0v) is 10.3. The van der Waals surface area contributed by atoms with Crippen molar-refractivity contribution in [1.29, 1.82) is 0 Å². The maximum absolute atomic E-state index is 5.57. The zero-order valence-electron chi connectivity index (χ0n) is 10.3. The molecule has 1 aliphatic rings. The van der Waals surface area contributed by atoms with Crippen molar-refractivity contribution in [2.45, 2.75) is 0 Å². The normalized spacial score (nSPS) is 12.4. The number of hydrogen-bond acceptors (Lipinski definition) is 1. The summed E-state index contributed by atoms with van der Waals surface area (Å²) in [4.78, 5) is 0. The van der Waals surface area contributed by atoms with E-state index in [0.29, 0.717) is 0 Å². The highest BCUT2D eigenvalue weighted by Gasteiger charge is 2.08. The van der Waals surface area contributed by atoms with E-state index in [1.807, 2.05) is 18.2 Å². The molecule has 0 fully saturated rings. The molecule has 0 radical (unpaired) electrons. The Morgan fingerprint density at radius 2 is 1.33 bits per heavy atom. The second kappa shape index (κ2) is 4.53. The molecule has 0 saturated carbocycles. The summed E-state index contributed by atoms with van der Waals surface area (Å²) in [6.07, 6.45) is 4.34. The third-order valence-corrected chi connectivity index (χ3v) is 3.12. The fourth-order valence-electron chi connectivity index (χ4n) is 2.27. The molecule has 1 aliphatic carbocycles. The van der Waals surface area contributed by atoms with Gasteiger partial charge in [-0.1, -0.05) is 54.6 Å². The molecular formula is C17H14O. The van der Waals surface area contributed by atoms with Gasteiger partial charge in [0.2, 0.25) is 0 Å². The summed E-state index contributed by atoms with van der Waals surface area (Å²) in [6.45, 7) is 0. The van der Waals surface area contributed by atoms with Crippen molar-refractivity contribution < 1.29 is 4.74 Å². The van der Waals surface area contributed by atoms with Crippen molar-refractivity contribution >= 4 is 17.9 Å². The molecule has 0 unspecified atom stereocenters. The minimum Gasteiger partial charge on any atom is -0.496 e. The van der Waals surface area contributed by atoms with Crippen LogP contribution in [0.4, 0.5) is 0 Å². The van der Waals surface area contributed by atoms with Crippen LogP contribution >= 0.6 is 0 Å². The van der Waals surface area contributed by atoms with Crippen molar-refractivity contribution in [3.8, 4) is 0 Å². The van der Waals surface area contributed by atoms with E-state index < -0.39 is 0 Å². The lowest BCUT2D eigenvalue weighted by Gasteiger charge is -2.08. The Balaban J connectivity index is 2.19. The van der Waals surface area contributed by atoms with Crippen LogP contribution < -0.4 is 10.4 Å². The minimum atomic E-state index is 0.923. The monoisotopic (exact) mass is 234 g/mol. The minimum absolute atomic E-state index is 0.923. The maximum atomic E-state index is 5.57. The highest BCUT2D eigenvalue weighted by molar-refractivity contribution is 5.85. The summed E-state index contributed by atoms with van der Waals surface area (Å²) in [5, 5.41) is 2.50. The van der Waals surface area contributed by atoms with Gasteiger partial charge in [0.15, 0.2) is 0 Å². The van der Waals surface area contributed by atoms with E-state index in [0.717, 1.165) is 16.9 Å². The van der Waals surface area contributed by atoms with E-state index in [1.165, 1.54) is 10.4 Å². The van der Waals surface area contributed by atoms with Gasteiger partial charge in [0.05, 0.1) is 7.11 Å². The fraction of sp³-hybridized carbons (Fsp3) is 0.0588. The number of fused-ring (bicyclic) bond motifs is 1. The molecule has 3 rings (SSSR count). The highest BCUT2D eigenvalue weighted by Crippen LogP contribution is 2.22. The summed E-state index contributed by atoms with van der Waals surface area (Å²) in [7, 11) is 1.72. The van der Waals surface area contributed by atoms with Crippen molar-refractivity contribution in [3.63, 3.8) is 0 Å². The Morgan fingerprint density at radius 3 is 1.89 bits per heavy atom. The van der Waals surface area contributed by atoms with Gasteiger partial charge in [-0.25, -0.2) is 0 Å². The summed E-state index contributed by atoms with van der Waals surface area (Å²) < 4.78 is 5.57. The van der Waals surface area contributed by atoms with E-state index in [2.05, 4.69) is 48.6 Å². The van der Waals surface area contributed by atoms with Gasteiger partial charge < -0.3 is 4.74 Å². The van der Waals surface area contributed by atoms with Crippen LogP contribution in [0.3, 0.4) is 0 Å². The number of ether oxygens (including phenoxy) is 1. The van der Waals surface area contributed by atoms with E-state index in [1.54, 1.807) is 7.11 Å².